The Labute approximate surface area is 169 Å². The number of anilines is 1. The number of carbonyl (C=O) groups excluding carboxylic acids is 2. The zero-order chi connectivity index (χ0) is 20.4. The van der Waals surface area contributed by atoms with E-state index in [-0.39, 0.29) is 29.4 Å². The number of hydrogen-bond donors (Lipinski definition) is 2. The van der Waals surface area contributed by atoms with Gasteiger partial charge < -0.3 is 15.4 Å². The lowest BCUT2D eigenvalue weighted by atomic mass is 10.1. The van der Waals surface area contributed by atoms with Crippen LogP contribution in [0.4, 0.5) is 5.69 Å². The van der Waals surface area contributed by atoms with E-state index in [2.05, 4.69) is 15.6 Å². The molecule has 150 valence electrons. The van der Waals surface area contributed by atoms with Crippen molar-refractivity contribution in [3.8, 4) is 0 Å². The van der Waals surface area contributed by atoms with Gasteiger partial charge in [-0.1, -0.05) is 23.8 Å². The van der Waals surface area contributed by atoms with Crippen LogP contribution in [0.5, 0.6) is 0 Å². The van der Waals surface area contributed by atoms with E-state index >= 15 is 0 Å². The first-order valence-corrected chi connectivity index (χ1v) is 9.78. The van der Waals surface area contributed by atoms with Crippen molar-refractivity contribution in [1.29, 1.82) is 0 Å². The molecule has 2 N–H and O–H groups in total. The van der Waals surface area contributed by atoms with Crippen molar-refractivity contribution in [2.45, 2.75) is 32.8 Å². The molecule has 0 radical (unpaired) electrons. The first kappa shape index (κ1) is 19.1. The smallest absolute Gasteiger partial charge is 0.287 e. The summed E-state index contributed by atoms with van der Waals surface area (Å²) in [6, 6.07) is 11.2. The van der Waals surface area contributed by atoms with Crippen LogP contribution in [-0.2, 0) is 4.74 Å². The largest absolute Gasteiger partial charge is 0.376 e. The van der Waals surface area contributed by atoms with Gasteiger partial charge in [0.25, 0.3) is 11.8 Å². The summed E-state index contributed by atoms with van der Waals surface area (Å²) < 4.78 is 7.19. The summed E-state index contributed by atoms with van der Waals surface area (Å²) in [6.45, 7) is 5.11. The van der Waals surface area contributed by atoms with Gasteiger partial charge in [0.05, 0.1) is 11.6 Å². The number of nitrogens with one attached hydrogen (secondary N) is 2. The minimum absolute atomic E-state index is 0.0393. The molecule has 3 heterocycles. The van der Waals surface area contributed by atoms with Crippen LogP contribution >= 0.6 is 0 Å². The highest BCUT2D eigenvalue weighted by Gasteiger charge is 2.23. The van der Waals surface area contributed by atoms with Gasteiger partial charge in [-0.05, 0) is 50.5 Å². The van der Waals surface area contributed by atoms with Gasteiger partial charge in [-0.3, -0.25) is 14.0 Å². The van der Waals surface area contributed by atoms with Gasteiger partial charge >= 0.3 is 0 Å². The van der Waals surface area contributed by atoms with Crippen LogP contribution in [0.15, 0.2) is 42.6 Å². The lowest BCUT2D eigenvalue weighted by Crippen LogP contribution is -2.33. The molecule has 3 aromatic rings. The molecule has 1 saturated heterocycles. The molecule has 0 spiro atoms. The number of pyridine rings is 1. The summed E-state index contributed by atoms with van der Waals surface area (Å²) in [6.07, 6.45) is 3.72. The van der Waals surface area contributed by atoms with E-state index in [4.69, 9.17) is 4.74 Å². The topological polar surface area (TPSA) is 84.7 Å². The van der Waals surface area contributed by atoms with E-state index < -0.39 is 0 Å². The second-order valence-corrected chi connectivity index (χ2v) is 7.36. The molecule has 1 atom stereocenters. The number of rotatable bonds is 5. The Balaban J connectivity index is 1.59. The van der Waals surface area contributed by atoms with E-state index in [9.17, 15) is 9.59 Å². The number of benzene rings is 1. The molecule has 4 rings (SSSR count). The van der Waals surface area contributed by atoms with Crippen molar-refractivity contribution in [2.75, 3.05) is 18.5 Å². The molecule has 0 bridgehead atoms. The third-order valence-electron chi connectivity index (χ3n) is 5.11. The van der Waals surface area contributed by atoms with E-state index in [0.717, 1.165) is 36.3 Å². The number of aromatic nitrogens is 2. The van der Waals surface area contributed by atoms with Gasteiger partial charge in [0.1, 0.15) is 0 Å². The summed E-state index contributed by atoms with van der Waals surface area (Å²) in [4.78, 5) is 30.0. The van der Waals surface area contributed by atoms with Crippen LogP contribution in [-0.4, -0.2) is 40.5 Å². The molecule has 2 aromatic heterocycles. The number of ether oxygens (including phenoxy) is 1. The highest BCUT2D eigenvalue weighted by atomic mass is 16.5. The van der Waals surface area contributed by atoms with Crippen LogP contribution in [0.1, 0.15) is 45.1 Å². The van der Waals surface area contributed by atoms with Crippen molar-refractivity contribution in [1.82, 2.24) is 14.7 Å². The van der Waals surface area contributed by atoms with E-state index in [1.165, 1.54) is 0 Å². The van der Waals surface area contributed by atoms with Crippen molar-refractivity contribution < 1.29 is 14.3 Å². The summed E-state index contributed by atoms with van der Waals surface area (Å²) >= 11 is 0. The lowest BCUT2D eigenvalue weighted by Gasteiger charge is -2.10. The Kier molecular flexibility index (Phi) is 5.31. The Morgan fingerprint density at radius 1 is 1.21 bits per heavy atom. The van der Waals surface area contributed by atoms with Gasteiger partial charge in [-0.25, -0.2) is 4.98 Å². The fraction of sp³-hybridized carbons (Fsp3) is 0.318. The molecule has 0 aliphatic carbocycles. The molecule has 1 fully saturated rings. The molecule has 1 unspecified atom stereocenters. The number of amides is 2. The van der Waals surface area contributed by atoms with Crippen LogP contribution < -0.4 is 10.6 Å². The van der Waals surface area contributed by atoms with Crippen molar-refractivity contribution >= 4 is 23.0 Å². The van der Waals surface area contributed by atoms with Crippen molar-refractivity contribution in [2.24, 2.45) is 0 Å². The molecule has 1 aliphatic rings. The van der Waals surface area contributed by atoms with Crippen LogP contribution in [0.25, 0.3) is 5.52 Å². The van der Waals surface area contributed by atoms with Gasteiger partial charge in [0.2, 0.25) is 5.82 Å². The molecule has 0 saturated carbocycles. The summed E-state index contributed by atoms with van der Waals surface area (Å²) in [7, 11) is 0. The van der Waals surface area contributed by atoms with Gasteiger partial charge in [0.15, 0.2) is 5.69 Å². The second-order valence-electron chi connectivity index (χ2n) is 7.36. The Bertz CT molecular complexity index is 1070. The zero-order valence-corrected chi connectivity index (χ0v) is 16.6. The predicted octanol–water partition coefficient (Wildman–Crippen LogP) is 3.11. The zero-order valence-electron chi connectivity index (χ0n) is 16.6. The number of aryl methyl sites for hydroxylation is 2. The van der Waals surface area contributed by atoms with E-state index in [1.807, 2.05) is 38.1 Å². The maximum atomic E-state index is 12.9. The second kappa shape index (κ2) is 8.05. The van der Waals surface area contributed by atoms with Gasteiger partial charge in [-0.2, -0.15) is 0 Å². The summed E-state index contributed by atoms with van der Waals surface area (Å²) in [5, 5.41) is 5.78. The number of imidazole rings is 1. The maximum Gasteiger partial charge on any atom is 0.287 e. The lowest BCUT2D eigenvalue weighted by molar-refractivity contribution is 0.0848. The minimum atomic E-state index is -0.348. The molecular formula is C22H24N4O3. The van der Waals surface area contributed by atoms with Crippen LogP contribution in [0, 0.1) is 13.8 Å². The third kappa shape index (κ3) is 4.00. The quantitative estimate of drug-likeness (QED) is 0.699. The Morgan fingerprint density at radius 2 is 2.07 bits per heavy atom. The molecule has 1 aromatic carbocycles. The minimum Gasteiger partial charge on any atom is -0.376 e. The summed E-state index contributed by atoms with van der Waals surface area (Å²) in [5.74, 6) is -0.490. The maximum absolute atomic E-state index is 12.9. The van der Waals surface area contributed by atoms with Gasteiger partial charge in [0, 0.05) is 25.0 Å². The molecule has 2 amide bonds. The summed E-state index contributed by atoms with van der Waals surface area (Å²) in [5.41, 5.74) is 3.61. The number of carbonyl (C=O) groups is 2. The van der Waals surface area contributed by atoms with E-state index in [1.54, 1.807) is 22.7 Å². The van der Waals surface area contributed by atoms with Crippen LogP contribution in [0.3, 0.4) is 0 Å². The number of nitrogens with zero attached hydrogens (tertiary/aromatic N) is 2. The standard InChI is InChI=1S/C22H24N4O3/c1-14-8-9-17(15(2)12-14)24-21(27)19-18-7-3-4-10-26(18)20(25-19)22(28)23-13-16-6-5-11-29-16/h3-4,7-10,12,16H,5-6,11,13H2,1-2H3,(H,23,28)(H,24,27). The molecular weight excluding hydrogens is 368 g/mol. The molecule has 7 nitrogen and oxygen atoms in total. The molecule has 29 heavy (non-hydrogen) atoms. The SMILES string of the molecule is Cc1ccc(NC(=O)c2nc(C(=O)NCC3CCCO3)n3ccccc23)c(C)c1. The van der Waals surface area contributed by atoms with Crippen molar-refractivity contribution in [3.63, 3.8) is 0 Å². The highest BCUT2D eigenvalue weighted by Crippen LogP contribution is 2.19. The normalized spacial score (nSPS) is 16.1. The van der Waals surface area contributed by atoms with Crippen molar-refractivity contribution in [3.05, 3.63) is 65.2 Å². The first-order chi connectivity index (χ1) is 14.0. The highest BCUT2D eigenvalue weighted by molar-refractivity contribution is 6.09. The Morgan fingerprint density at radius 3 is 2.83 bits per heavy atom. The van der Waals surface area contributed by atoms with E-state index in [0.29, 0.717) is 12.1 Å². The van der Waals surface area contributed by atoms with Gasteiger partial charge in [-0.15, -0.1) is 0 Å². The number of hydrogen-bond acceptors (Lipinski definition) is 4. The molecule has 7 heteroatoms. The number of fused-ring (bicyclic) bond motifs is 1. The monoisotopic (exact) mass is 392 g/mol. The fourth-order valence-electron chi connectivity index (χ4n) is 3.59. The Hall–Kier alpha value is -3.19. The first-order valence-electron chi connectivity index (χ1n) is 9.78. The molecule has 1 aliphatic heterocycles. The average molecular weight is 392 g/mol. The third-order valence-corrected chi connectivity index (χ3v) is 5.11. The predicted molar refractivity (Wildman–Crippen MR) is 110 cm³/mol. The van der Waals surface area contributed by atoms with Crippen LogP contribution in [0.2, 0.25) is 0 Å². The average Bonchev–Trinajstić information content (AvgIpc) is 3.36. The fourth-order valence-corrected chi connectivity index (χ4v) is 3.59.